The molecule has 0 aliphatic heterocycles. The first kappa shape index (κ1) is 25.8. The molecule has 0 aliphatic rings. The smallest absolute Gasteiger partial charge is 0.0285 e. The molecule has 178 valence electrons. The average molecular weight is 513 g/mol. The fourth-order valence-electron chi connectivity index (χ4n) is 3.79. The second-order valence-corrected chi connectivity index (χ2v) is 13.1. The molecule has 4 aromatic rings. The fourth-order valence-corrected chi connectivity index (χ4v) is 7.50. The Hall–Kier alpha value is -2.33. The standard InChI is InChI=1S/C32H32S3/c1-32(2,35-29-21-13-6-14-22-29)31(34-28-19-11-5-12-20-28)25-30(33-27-17-9-4-10-18-27)24-23-26-15-7-3-8-16-26/h3-22,24,31H,23,25H2,1-2H3/b30-24+/t31-/m1/s1. The lowest BCUT2D eigenvalue weighted by molar-refractivity contribution is 0.662. The van der Waals surface area contributed by atoms with E-state index in [9.17, 15) is 0 Å². The molecule has 3 heteroatoms. The highest BCUT2D eigenvalue weighted by Gasteiger charge is 2.32. The van der Waals surface area contributed by atoms with E-state index < -0.39 is 0 Å². The van der Waals surface area contributed by atoms with E-state index in [1.165, 1.54) is 25.2 Å². The molecule has 0 aromatic heterocycles. The van der Waals surface area contributed by atoms with Crippen molar-refractivity contribution in [2.75, 3.05) is 0 Å². The van der Waals surface area contributed by atoms with Crippen LogP contribution in [0.25, 0.3) is 0 Å². The molecule has 35 heavy (non-hydrogen) atoms. The molecule has 0 heterocycles. The number of allylic oxidation sites excluding steroid dienone is 2. The van der Waals surface area contributed by atoms with Crippen LogP contribution < -0.4 is 0 Å². The molecule has 0 nitrogen and oxygen atoms in total. The zero-order valence-electron chi connectivity index (χ0n) is 20.3. The summed E-state index contributed by atoms with van der Waals surface area (Å²) < 4.78 is 0.0327. The van der Waals surface area contributed by atoms with Gasteiger partial charge in [-0.15, -0.1) is 23.5 Å². The minimum absolute atomic E-state index is 0.0327. The van der Waals surface area contributed by atoms with Gasteiger partial charge in [-0.2, -0.15) is 0 Å². The Morgan fingerprint density at radius 2 is 1.14 bits per heavy atom. The van der Waals surface area contributed by atoms with Crippen molar-refractivity contribution in [3.8, 4) is 0 Å². The van der Waals surface area contributed by atoms with Crippen LogP contribution >= 0.6 is 35.3 Å². The molecular weight excluding hydrogens is 481 g/mol. The predicted octanol–water partition coefficient (Wildman–Crippen LogP) is 10.0. The molecule has 4 rings (SSSR count). The Morgan fingerprint density at radius 3 is 1.71 bits per heavy atom. The normalized spacial score (nSPS) is 12.9. The molecule has 0 radical (unpaired) electrons. The van der Waals surface area contributed by atoms with Crippen molar-refractivity contribution in [1.82, 2.24) is 0 Å². The third-order valence-corrected chi connectivity index (χ3v) is 9.86. The average Bonchev–Trinajstić information content (AvgIpc) is 2.89. The minimum atomic E-state index is 0.0327. The van der Waals surface area contributed by atoms with Crippen LogP contribution in [-0.4, -0.2) is 10.00 Å². The van der Waals surface area contributed by atoms with Crippen LogP contribution in [0.2, 0.25) is 0 Å². The second kappa shape index (κ2) is 13.1. The predicted molar refractivity (Wildman–Crippen MR) is 158 cm³/mol. The van der Waals surface area contributed by atoms with Crippen molar-refractivity contribution in [2.24, 2.45) is 0 Å². The van der Waals surface area contributed by atoms with E-state index in [2.05, 4.69) is 141 Å². The van der Waals surface area contributed by atoms with Gasteiger partial charge in [0.15, 0.2) is 0 Å². The third kappa shape index (κ3) is 8.38. The van der Waals surface area contributed by atoms with E-state index in [4.69, 9.17) is 0 Å². The van der Waals surface area contributed by atoms with Crippen LogP contribution in [0, 0.1) is 0 Å². The maximum absolute atomic E-state index is 2.44. The fraction of sp³-hybridized carbons (Fsp3) is 0.188. The Morgan fingerprint density at radius 1 is 0.657 bits per heavy atom. The summed E-state index contributed by atoms with van der Waals surface area (Å²) in [6.07, 6.45) is 4.40. The van der Waals surface area contributed by atoms with E-state index in [0.717, 1.165) is 12.8 Å². The lowest BCUT2D eigenvalue weighted by Gasteiger charge is -2.34. The molecule has 0 unspecified atom stereocenters. The molecule has 0 spiro atoms. The SMILES string of the molecule is CC(C)(Sc1ccccc1)[C@@H](C/C(=C\Cc1ccccc1)Sc1ccccc1)Sc1ccccc1. The number of hydrogen-bond acceptors (Lipinski definition) is 3. The van der Waals surface area contributed by atoms with Gasteiger partial charge in [-0.1, -0.05) is 103 Å². The Labute approximate surface area is 223 Å². The summed E-state index contributed by atoms with van der Waals surface area (Å²) in [7, 11) is 0. The van der Waals surface area contributed by atoms with Crippen LogP contribution in [0.3, 0.4) is 0 Å². The molecule has 0 saturated carbocycles. The van der Waals surface area contributed by atoms with Crippen molar-refractivity contribution in [3.63, 3.8) is 0 Å². The van der Waals surface area contributed by atoms with Gasteiger partial charge in [0.1, 0.15) is 0 Å². The van der Waals surface area contributed by atoms with Gasteiger partial charge in [0.25, 0.3) is 0 Å². The number of hydrogen-bond donors (Lipinski definition) is 0. The Kier molecular flexibility index (Phi) is 9.65. The van der Waals surface area contributed by atoms with Crippen LogP contribution in [0.15, 0.2) is 147 Å². The second-order valence-electron chi connectivity index (χ2n) is 8.92. The zero-order valence-corrected chi connectivity index (χ0v) is 22.8. The molecule has 4 aromatic carbocycles. The van der Waals surface area contributed by atoms with Gasteiger partial charge in [-0.25, -0.2) is 0 Å². The Bertz CT molecular complexity index is 1170. The molecule has 0 aliphatic carbocycles. The van der Waals surface area contributed by atoms with E-state index in [1.54, 1.807) is 0 Å². The van der Waals surface area contributed by atoms with E-state index in [-0.39, 0.29) is 4.75 Å². The van der Waals surface area contributed by atoms with E-state index >= 15 is 0 Å². The van der Waals surface area contributed by atoms with Gasteiger partial charge < -0.3 is 0 Å². The third-order valence-electron chi connectivity index (χ3n) is 5.71. The minimum Gasteiger partial charge on any atom is -0.121 e. The number of benzene rings is 4. The molecule has 0 bridgehead atoms. The van der Waals surface area contributed by atoms with Crippen molar-refractivity contribution in [3.05, 3.63) is 138 Å². The van der Waals surface area contributed by atoms with Gasteiger partial charge >= 0.3 is 0 Å². The summed E-state index contributed by atoms with van der Waals surface area (Å²) >= 11 is 5.89. The van der Waals surface area contributed by atoms with Crippen LogP contribution in [0.5, 0.6) is 0 Å². The topological polar surface area (TPSA) is 0 Å². The van der Waals surface area contributed by atoms with Crippen LogP contribution in [-0.2, 0) is 6.42 Å². The van der Waals surface area contributed by atoms with Crippen molar-refractivity contribution < 1.29 is 0 Å². The summed E-state index contributed by atoms with van der Waals surface area (Å²) in [5.41, 5.74) is 1.35. The highest BCUT2D eigenvalue weighted by atomic mass is 32.2. The summed E-state index contributed by atoms with van der Waals surface area (Å²) in [4.78, 5) is 5.37. The molecular formula is C32H32S3. The molecule has 0 N–H and O–H groups in total. The summed E-state index contributed by atoms with van der Waals surface area (Å²) in [6.45, 7) is 4.79. The molecule has 0 fully saturated rings. The van der Waals surface area contributed by atoms with E-state index in [0.29, 0.717) is 5.25 Å². The van der Waals surface area contributed by atoms with Gasteiger partial charge in [-0.05, 0) is 73.6 Å². The molecule has 0 saturated heterocycles. The Balaban J connectivity index is 1.62. The maximum atomic E-state index is 2.44. The molecule has 0 amide bonds. The van der Waals surface area contributed by atoms with E-state index in [1.807, 2.05) is 35.3 Å². The first-order chi connectivity index (χ1) is 17.1. The largest absolute Gasteiger partial charge is 0.121 e. The van der Waals surface area contributed by atoms with Crippen LogP contribution in [0.4, 0.5) is 0 Å². The molecule has 1 atom stereocenters. The lowest BCUT2D eigenvalue weighted by Crippen LogP contribution is -2.30. The first-order valence-corrected chi connectivity index (χ1v) is 14.5. The summed E-state index contributed by atoms with van der Waals surface area (Å²) in [5, 5.41) is 0.397. The van der Waals surface area contributed by atoms with Crippen LogP contribution in [0.1, 0.15) is 25.8 Å². The van der Waals surface area contributed by atoms with Crippen molar-refractivity contribution >= 4 is 35.3 Å². The first-order valence-electron chi connectivity index (χ1n) is 12.0. The van der Waals surface area contributed by atoms with Crippen molar-refractivity contribution in [2.45, 2.75) is 51.4 Å². The summed E-state index contributed by atoms with van der Waals surface area (Å²) in [6, 6.07) is 43.2. The maximum Gasteiger partial charge on any atom is 0.0285 e. The number of rotatable bonds is 11. The lowest BCUT2D eigenvalue weighted by atomic mass is 10.0. The van der Waals surface area contributed by atoms with Gasteiger partial charge in [0, 0.05) is 24.7 Å². The van der Waals surface area contributed by atoms with Gasteiger partial charge in [0.05, 0.1) is 0 Å². The summed E-state index contributed by atoms with van der Waals surface area (Å²) in [5.74, 6) is 0. The number of thioether (sulfide) groups is 3. The quantitative estimate of drug-likeness (QED) is 0.183. The van der Waals surface area contributed by atoms with Gasteiger partial charge in [-0.3, -0.25) is 0 Å². The highest BCUT2D eigenvalue weighted by molar-refractivity contribution is 8.04. The zero-order chi connectivity index (χ0) is 24.3. The highest BCUT2D eigenvalue weighted by Crippen LogP contribution is 2.46. The van der Waals surface area contributed by atoms with Crippen molar-refractivity contribution in [1.29, 1.82) is 0 Å². The monoisotopic (exact) mass is 512 g/mol. The van der Waals surface area contributed by atoms with Gasteiger partial charge in [0.2, 0.25) is 0 Å².